The molecule has 0 radical (unpaired) electrons. The largest absolute Gasteiger partial charge is 1.00 e. The Balaban J connectivity index is 0. The summed E-state index contributed by atoms with van der Waals surface area (Å²) in [4.78, 5) is 40.6. The van der Waals surface area contributed by atoms with E-state index in [1.807, 2.05) is 0 Å². The first-order valence-corrected chi connectivity index (χ1v) is 8.96. The summed E-state index contributed by atoms with van der Waals surface area (Å²) in [5, 5.41) is 16.2. The summed E-state index contributed by atoms with van der Waals surface area (Å²) in [5.41, 5.74) is -0.0466. The predicted octanol–water partition coefficient (Wildman–Crippen LogP) is -0.143. The van der Waals surface area contributed by atoms with Crippen molar-refractivity contribution in [1.29, 1.82) is 0 Å². The third kappa shape index (κ3) is 9.13. The number of hydrogen-bond acceptors (Lipinski definition) is 6. The van der Waals surface area contributed by atoms with Gasteiger partial charge in [-0.2, -0.15) is 0 Å². The van der Waals surface area contributed by atoms with Crippen LogP contribution in [0.3, 0.4) is 0 Å². The van der Waals surface area contributed by atoms with Crippen LogP contribution in [0.15, 0.2) is 5.38 Å². The fourth-order valence-electron chi connectivity index (χ4n) is 1.90. The van der Waals surface area contributed by atoms with Gasteiger partial charge >= 0.3 is 37.0 Å². The molecule has 0 unspecified atom stereocenters. The summed E-state index contributed by atoms with van der Waals surface area (Å²) in [6.45, 7) is 8.88. The Hall–Kier alpha value is -1.76. The number of urea groups is 1. The molecule has 1 aromatic heterocycles. The molecule has 1 rings (SSSR count). The number of carboxylic acids is 1. The van der Waals surface area contributed by atoms with Crippen molar-refractivity contribution in [2.24, 2.45) is 5.92 Å². The molecule has 0 bridgehead atoms. The molecule has 3 N–H and O–H groups in total. The minimum Gasteiger partial charge on any atom is -1.00 e. The molecule has 148 valence electrons. The van der Waals surface area contributed by atoms with E-state index in [1.54, 1.807) is 40.0 Å². The number of ether oxygens (including phenoxy) is 1. The number of nitrogens with zero attached hydrogens (tertiary/aromatic N) is 2. The minimum atomic E-state index is -1.08. The molecule has 0 spiro atoms. The summed E-state index contributed by atoms with van der Waals surface area (Å²) in [7, 11) is 1.54. The molecule has 1 aromatic rings. The maximum Gasteiger partial charge on any atom is 1.00 e. The smallest absolute Gasteiger partial charge is 1.00 e. The maximum absolute atomic E-state index is 12.1. The van der Waals surface area contributed by atoms with Gasteiger partial charge in [0.25, 0.3) is 0 Å². The van der Waals surface area contributed by atoms with Gasteiger partial charge < -0.3 is 21.5 Å². The molecular weight excluding hydrogens is 367 g/mol. The van der Waals surface area contributed by atoms with Gasteiger partial charge in [-0.15, -0.1) is 11.3 Å². The Labute approximate surface area is 176 Å². The molecule has 0 saturated carbocycles. The van der Waals surface area contributed by atoms with Crippen LogP contribution in [-0.2, 0) is 16.1 Å². The molecule has 0 fully saturated rings. The Morgan fingerprint density at radius 2 is 1.96 bits per heavy atom. The first-order valence-electron chi connectivity index (χ1n) is 8.08. The Bertz CT molecular complexity index is 666. The van der Waals surface area contributed by atoms with Crippen molar-refractivity contribution in [3.63, 3.8) is 0 Å². The quantitative estimate of drug-likeness (QED) is 0.578. The van der Waals surface area contributed by atoms with Crippen LogP contribution in [0.5, 0.6) is 0 Å². The number of anilines is 1. The molecule has 0 aliphatic carbocycles. The molecule has 0 aliphatic rings. The van der Waals surface area contributed by atoms with Crippen LogP contribution in [-0.4, -0.2) is 51.8 Å². The molecule has 9 nitrogen and oxygen atoms in total. The number of hydrogen-bond donors (Lipinski definition) is 3. The van der Waals surface area contributed by atoms with Crippen molar-refractivity contribution in [2.45, 2.75) is 52.8 Å². The van der Waals surface area contributed by atoms with E-state index in [4.69, 9.17) is 9.84 Å². The average molecular weight is 394 g/mol. The van der Waals surface area contributed by atoms with Gasteiger partial charge in [-0.05, 0) is 26.7 Å². The molecule has 1 heterocycles. The average Bonchev–Trinajstić information content (AvgIpc) is 2.88. The van der Waals surface area contributed by atoms with Crippen LogP contribution in [0.25, 0.3) is 0 Å². The number of carbonyl (C=O) groups excluding carboxylic acids is 2. The molecule has 1 atom stereocenters. The van der Waals surface area contributed by atoms with E-state index in [-0.39, 0.29) is 32.7 Å². The number of thiazole rings is 1. The van der Waals surface area contributed by atoms with Gasteiger partial charge in [-0.3, -0.25) is 5.32 Å². The van der Waals surface area contributed by atoms with Crippen molar-refractivity contribution in [3.8, 4) is 0 Å². The molecule has 0 saturated heterocycles. The minimum absolute atomic E-state index is 0. The van der Waals surface area contributed by atoms with Gasteiger partial charge in [0.1, 0.15) is 11.6 Å². The third-order valence-electron chi connectivity index (χ3n) is 3.12. The Morgan fingerprint density at radius 1 is 1.37 bits per heavy atom. The number of carboxylic acid groups (broad SMARTS) is 1. The van der Waals surface area contributed by atoms with Crippen LogP contribution in [0.2, 0.25) is 0 Å². The van der Waals surface area contributed by atoms with Crippen molar-refractivity contribution < 1.29 is 44.5 Å². The first kappa shape index (κ1) is 25.2. The van der Waals surface area contributed by atoms with Gasteiger partial charge in [-0.1, -0.05) is 13.8 Å². The van der Waals surface area contributed by atoms with Crippen LogP contribution in [0.4, 0.5) is 14.7 Å². The van der Waals surface area contributed by atoms with Gasteiger partial charge in [-0.25, -0.2) is 19.4 Å². The summed E-state index contributed by atoms with van der Waals surface area (Å²) < 4.78 is 5.15. The van der Waals surface area contributed by atoms with Crippen LogP contribution < -0.4 is 29.5 Å². The second-order valence-electron chi connectivity index (χ2n) is 7.14. The van der Waals surface area contributed by atoms with Gasteiger partial charge in [0.05, 0.1) is 12.2 Å². The first-order chi connectivity index (χ1) is 11.9. The molecule has 3 amide bonds. The van der Waals surface area contributed by atoms with Crippen molar-refractivity contribution in [2.75, 3.05) is 12.4 Å². The number of nitrogens with one attached hydrogen (secondary N) is 2. The van der Waals surface area contributed by atoms with E-state index in [0.717, 1.165) is 0 Å². The van der Waals surface area contributed by atoms with Crippen LogP contribution >= 0.6 is 11.3 Å². The zero-order chi connectivity index (χ0) is 20.1. The second-order valence-corrected chi connectivity index (χ2v) is 7.99. The van der Waals surface area contributed by atoms with Gasteiger partial charge in [0.15, 0.2) is 5.13 Å². The fraction of sp³-hybridized carbons (Fsp3) is 0.625. The zero-order valence-electron chi connectivity index (χ0n) is 17.8. The number of aromatic nitrogens is 1. The van der Waals surface area contributed by atoms with E-state index < -0.39 is 29.7 Å². The third-order valence-corrected chi connectivity index (χ3v) is 3.92. The number of aliphatic carboxylic acids is 1. The van der Waals surface area contributed by atoms with Gasteiger partial charge in [0, 0.05) is 12.4 Å². The van der Waals surface area contributed by atoms with Gasteiger partial charge in [0.2, 0.25) is 0 Å². The van der Waals surface area contributed by atoms with Crippen LogP contribution in [0.1, 0.15) is 41.7 Å². The normalized spacial score (nSPS) is 12.0. The fourth-order valence-corrected chi connectivity index (χ4v) is 2.59. The van der Waals surface area contributed by atoms with Crippen molar-refractivity contribution in [3.05, 3.63) is 11.1 Å². The molecule has 11 heteroatoms. The van der Waals surface area contributed by atoms with E-state index in [2.05, 4.69) is 15.6 Å². The number of rotatable bonds is 6. The monoisotopic (exact) mass is 394 g/mol. The maximum atomic E-state index is 12.1. The van der Waals surface area contributed by atoms with E-state index in [0.29, 0.717) is 10.8 Å². The number of amides is 3. The molecule has 27 heavy (non-hydrogen) atoms. The topological polar surface area (TPSA) is 121 Å². The summed E-state index contributed by atoms with van der Waals surface area (Å²) >= 11 is 1.21. The summed E-state index contributed by atoms with van der Waals surface area (Å²) in [6.07, 6.45) is -0.606. The zero-order valence-corrected chi connectivity index (χ0v) is 17.6. The summed E-state index contributed by atoms with van der Waals surface area (Å²) in [6, 6.07) is -1.48. The Kier molecular flexibility index (Phi) is 9.85. The van der Waals surface area contributed by atoms with Crippen molar-refractivity contribution >= 4 is 34.6 Å². The predicted molar refractivity (Wildman–Crippen MR) is 99.3 cm³/mol. The standard InChI is InChI=1S/C16H26N4O5S.Li.H/c1-9(2)11(12(21)22)18-14(23)20(6)7-10-8-26-13(17-10)19-15(24)25-16(3,4)5;;/h8-9,11H,7H2,1-6H3,(H,18,23)(H,21,22)(H,17,19,24);;/q;+1;-1/t11-;;/m0../s1. The van der Waals surface area contributed by atoms with E-state index >= 15 is 0 Å². The SMILES string of the molecule is CC(C)[C@H](NC(=O)N(C)Cc1csc(NC(=O)OC(C)(C)C)n1)C(=O)O.[H-].[Li+]. The van der Waals surface area contributed by atoms with E-state index in [9.17, 15) is 14.4 Å². The summed E-state index contributed by atoms with van der Waals surface area (Å²) in [5.74, 6) is -1.33. The van der Waals surface area contributed by atoms with Crippen LogP contribution in [0, 0.1) is 5.92 Å². The second kappa shape index (κ2) is 10.5. The molecule has 0 aromatic carbocycles. The van der Waals surface area contributed by atoms with Crippen molar-refractivity contribution in [1.82, 2.24) is 15.2 Å². The molecular formula is C16H27LiN4O5S. The van der Waals surface area contributed by atoms with E-state index in [1.165, 1.54) is 23.3 Å². The molecule has 0 aliphatic heterocycles. The Morgan fingerprint density at radius 3 is 2.44 bits per heavy atom. The number of carbonyl (C=O) groups is 3.